The molecule has 108 valence electrons. The molecule has 2 rings (SSSR count). The van der Waals surface area contributed by atoms with Crippen LogP contribution in [0.1, 0.15) is 0 Å². The zero-order chi connectivity index (χ0) is 14.7. The van der Waals surface area contributed by atoms with E-state index in [1.807, 2.05) is 0 Å². The quantitative estimate of drug-likeness (QED) is 0.826. The van der Waals surface area contributed by atoms with E-state index in [0.29, 0.717) is 9.40 Å². The van der Waals surface area contributed by atoms with Gasteiger partial charge in [-0.3, -0.25) is 9.59 Å². The molecule has 1 aromatic rings. The SMILES string of the molecule is O=C1CN(C(=O)COc2ccc(Cl)s2)CC(C(=O)O)N1. The second-order valence-electron chi connectivity index (χ2n) is 4.08. The molecule has 2 amide bonds. The van der Waals surface area contributed by atoms with Crippen LogP contribution in [0.4, 0.5) is 0 Å². The van der Waals surface area contributed by atoms with Gasteiger partial charge in [-0.1, -0.05) is 22.9 Å². The van der Waals surface area contributed by atoms with Gasteiger partial charge in [0.25, 0.3) is 5.91 Å². The van der Waals surface area contributed by atoms with Crippen LogP contribution in [0, 0.1) is 0 Å². The van der Waals surface area contributed by atoms with Crippen LogP contribution in [0.25, 0.3) is 0 Å². The van der Waals surface area contributed by atoms with Gasteiger partial charge in [0, 0.05) is 0 Å². The Kier molecular flexibility index (Phi) is 4.46. The van der Waals surface area contributed by atoms with Crippen molar-refractivity contribution in [2.45, 2.75) is 6.04 Å². The number of carboxylic acids is 1. The molecule has 1 fully saturated rings. The highest BCUT2D eigenvalue weighted by Crippen LogP contribution is 2.28. The van der Waals surface area contributed by atoms with Gasteiger partial charge in [-0.05, 0) is 12.1 Å². The molecule has 0 aromatic carbocycles. The molecule has 1 unspecified atom stereocenters. The number of thiophene rings is 1. The lowest BCUT2D eigenvalue weighted by atomic mass is 10.2. The molecule has 0 bridgehead atoms. The fraction of sp³-hybridized carbons (Fsp3) is 0.364. The molecule has 1 aliphatic rings. The number of ether oxygens (including phenoxy) is 1. The fourth-order valence-corrected chi connectivity index (χ4v) is 2.55. The Bertz CT molecular complexity index is 547. The number of piperazine rings is 1. The second kappa shape index (κ2) is 6.10. The second-order valence-corrected chi connectivity index (χ2v) is 5.76. The summed E-state index contributed by atoms with van der Waals surface area (Å²) in [6.07, 6.45) is 0. The summed E-state index contributed by atoms with van der Waals surface area (Å²) in [5, 5.41) is 11.6. The molecule has 0 aliphatic carbocycles. The molecule has 9 heteroatoms. The molecule has 0 spiro atoms. The molecule has 1 saturated heterocycles. The van der Waals surface area contributed by atoms with Crippen LogP contribution in [0.2, 0.25) is 4.34 Å². The van der Waals surface area contributed by atoms with Crippen molar-refractivity contribution in [1.82, 2.24) is 10.2 Å². The first-order valence-corrected chi connectivity index (χ1v) is 6.83. The van der Waals surface area contributed by atoms with E-state index in [1.165, 1.54) is 11.3 Å². The third kappa shape index (κ3) is 3.61. The number of nitrogens with one attached hydrogen (secondary N) is 1. The van der Waals surface area contributed by atoms with Crippen molar-refractivity contribution in [1.29, 1.82) is 0 Å². The topological polar surface area (TPSA) is 95.9 Å². The summed E-state index contributed by atoms with van der Waals surface area (Å²) in [5.41, 5.74) is 0. The molecule has 1 aliphatic heterocycles. The van der Waals surface area contributed by atoms with Crippen molar-refractivity contribution in [2.24, 2.45) is 0 Å². The van der Waals surface area contributed by atoms with Crippen molar-refractivity contribution >= 4 is 40.7 Å². The van der Waals surface area contributed by atoms with Crippen molar-refractivity contribution in [3.63, 3.8) is 0 Å². The van der Waals surface area contributed by atoms with Gasteiger partial charge in [-0.15, -0.1) is 0 Å². The summed E-state index contributed by atoms with van der Waals surface area (Å²) in [5.74, 6) is -2.13. The van der Waals surface area contributed by atoms with Crippen molar-refractivity contribution in [3.8, 4) is 5.06 Å². The number of carbonyl (C=O) groups excluding carboxylic acids is 2. The molecule has 1 aromatic heterocycles. The lowest BCUT2D eigenvalue weighted by Crippen LogP contribution is -2.59. The van der Waals surface area contributed by atoms with Crippen LogP contribution in [0.15, 0.2) is 12.1 Å². The van der Waals surface area contributed by atoms with E-state index < -0.39 is 23.8 Å². The Labute approximate surface area is 123 Å². The Hall–Kier alpha value is -1.80. The minimum absolute atomic E-state index is 0.0749. The number of hydrogen-bond donors (Lipinski definition) is 2. The summed E-state index contributed by atoms with van der Waals surface area (Å²) < 4.78 is 5.77. The first-order valence-electron chi connectivity index (χ1n) is 5.64. The Morgan fingerprint density at radius 1 is 1.55 bits per heavy atom. The molecule has 0 saturated carbocycles. The van der Waals surface area contributed by atoms with Crippen LogP contribution in [0.5, 0.6) is 5.06 Å². The molecule has 2 N–H and O–H groups in total. The van der Waals surface area contributed by atoms with Crippen LogP contribution in [0.3, 0.4) is 0 Å². The summed E-state index contributed by atoms with van der Waals surface area (Å²) in [6.45, 7) is -0.512. The average molecular weight is 319 g/mol. The van der Waals surface area contributed by atoms with Crippen molar-refractivity contribution in [2.75, 3.05) is 19.7 Å². The van der Waals surface area contributed by atoms with Gasteiger partial charge in [0.1, 0.15) is 6.04 Å². The van der Waals surface area contributed by atoms with Crippen LogP contribution < -0.4 is 10.1 Å². The van der Waals surface area contributed by atoms with Gasteiger partial charge in [-0.25, -0.2) is 4.79 Å². The fourth-order valence-electron chi connectivity index (χ4n) is 1.67. The summed E-state index contributed by atoms with van der Waals surface area (Å²) in [6, 6.07) is 2.18. The summed E-state index contributed by atoms with van der Waals surface area (Å²) >= 11 is 6.90. The number of nitrogens with zero attached hydrogens (tertiary/aromatic N) is 1. The monoisotopic (exact) mass is 318 g/mol. The third-order valence-corrected chi connectivity index (χ3v) is 3.75. The van der Waals surface area contributed by atoms with E-state index in [0.717, 1.165) is 4.90 Å². The smallest absolute Gasteiger partial charge is 0.328 e. The number of halogens is 1. The van der Waals surface area contributed by atoms with E-state index >= 15 is 0 Å². The Balaban J connectivity index is 1.91. The maximum absolute atomic E-state index is 11.9. The van der Waals surface area contributed by atoms with Gasteiger partial charge >= 0.3 is 5.97 Å². The Morgan fingerprint density at radius 3 is 2.90 bits per heavy atom. The average Bonchev–Trinajstić information content (AvgIpc) is 2.81. The maximum atomic E-state index is 11.9. The van der Waals surface area contributed by atoms with Crippen molar-refractivity contribution < 1.29 is 24.2 Å². The first kappa shape index (κ1) is 14.6. The highest BCUT2D eigenvalue weighted by Gasteiger charge is 2.32. The number of hydrogen-bond acceptors (Lipinski definition) is 5. The van der Waals surface area contributed by atoms with Gasteiger partial charge in [0.05, 0.1) is 17.4 Å². The lowest BCUT2D eigenvalue weighted by Gasteiger charge is -2.30. The predicted molar refractivity (Wildman–Crippen MR) is 71.0 cm³/mol. The standard InChI is InChI=1S/C11H11ClN2O5S/c12-7-1-2-10(20-7)19-5-9(16)14-3-6(11(17)18)13-8(15)4-14/h1-2,6H,3-5H2,(H,13,15)(H,17,18). The molecule has 20 heavy (non-hydrogen) atoms. The van der Waals surface area contributed by atoms with Crippen molar-refractivity contribution in [3.05, 3.63) is 16.5 Å². The van der Waals surface area contributed by atoms with E-state index in [2.05, 4.69) is 5.32 Å². The lowest BCUT2D eigenvalue weighted by molar-refractivity contribution is -0.148. The van der Waals surface area contributed by atoms with Gasteiger partial charge in [0.15, 0.2) is 11.7 Å². The van der Waals surface area contributed by atoms with E-state index in [4.69, 9.17) is 21.4 Å². The largest absolute Gasteiger partial charge is 0.480 e. The zero-order valence-corrected chi connectivity index (χ0v) is 11.7. The van der Waals surface area contributed by atoms with E-state index in [1.54, 1.807) is 12.1 Å². The number of amides is 2. The molecular weight excluding hydrogens is 308 g/mol. The first-order chi connectivity index (χ1) is 9.45. The minimum Gasteiger partial charge on any atom is -0.480 e. The normalized spacial score (nSPS) is 18.6. The molecule has 1 atom stereocenters. The Morgan fingerprint density at radius 2 is 2.30 bits per heavy atom. The summed E-state index contributed by atoms with van der Waals surface area (Å²) in [7, 11) is 0. The third-order valence-electron chi connectivity index (χ3n) is 2.61. The minimum atomic E-state index is -1.18. The maximum Gasteiger partial charge on any atom is 0.328 e. The van der Waals surface area contributed by atoms with E-state index in [-0.39, 0.29) is 19.7 Å². The van der Waals surface area contributed by atoms with Gasteiger partial charge in [-0.2, -0.15) is 0 Å². The molecular formula is C11H11ClN2O5S. The zero-order valence-electron chi connectivity index (χ0n) is 10.2. The molecule has 7 nitrogen and oxygen atoms in total. The van der Waals surface area contributed by atoms with Crippen LogP contribution in [-0.2, 0) is 14.4 Å². The van der Waals surface area contributed by atoms with E-state index in [9.17, 15) is 14.4 Å². The number of aliphatic carboxylic acids is 1. The highest BCUT2D eigenvalue weighted by atomic mass is 35.5. The van der Waals surface area contributed by atoms with Crippen LogP contribution in [-0.4, -0.2) is 53.5 Å². The van der Waals surface area contributed by atoms with Crippen LogP contribution >= 0.6 is 22.9 Å². The number of carbonyl (C=O) groups is 3. The number of carboxylic acid groups (broad SMARTS) is 1. The molecule has 0 radical (unpaired) electrons. The van der Waals surface area contributed by atoms with Gasteiger partial charge < -0.3 is 20.1 Å². The predicted octanol–water partition coefficient (Wildman–Crippen LogP) is 0.192. The van der Waals surface area contributed by atoms with Gasteiger partial charge in [0.2, 0.25) is 5.91 Å². The number of rotatable bonds is 4. The highest BCUT2D eigenvalue weighted by molar-refractivity contribution is 7.17. The summed E-state index contributed by atoms with van der Waals surface area (Å²) in [4.78, 5) is 35.3. The molecule has 2 heterocycles.